The van der Waals surface area contributed by atoms with Gasteiger partial charge in [-0.2, -0.15) is 0 Å². The van der Waals surface area contributed by atoms with Crippen LogP contribution in [0, 0.1) is 0 Å². The van der Waals surface area contributed by atoms with Crippen molar-refractivity contribution in [1.29, 1.82) is 0 Å². The topological polar surface area (TPSA) is 52.6 Å². The predicted molar refractivity (Wildman–Crippen MR) is 114 cm³/mol. The fourth-order valence-electron chi connectivity index (χ4n) is 2.67. The Hall–Kier alpha value is -1.06. The zero-order valence-electron chi connectivity index (χ0n) is 18.4. The Morgan fingerprint density at radius 2 is 1.07 bits per heavy atom. The molecule has 0 atom stereocenters. The first-order valence-electron chi connectivity index (χ1n) is 11.4. The van der Waals surface area contributed by atoms with Gasteiger partial charge in [0.1, 0.15) is 0 Å². The number of rotatable bonds is 19. The van der Waals surface area contributed by atoms with Gasteiger partial charge in [0.15, 0.2) is 0 Å². The first-order valence-corrected chi connectivity index (χ1v) is 11.4. The van der Waals surface area contributed by atoms with Crippen LogP contribution in [0.2, 0.25) is 0 Å². The van der Waals surface area contributed by atoms with Crippen molar-refractivity contribution < 1.29 is 19.1 Å². The van der Waals surface area contributed by atoms with Gasteiger partial charge in [-0.1, -0.05) is 97.8 Å². The number of carbonyl (C=O) groups excluding carboxylic acids is 2. The molecule has 0 aliphatic rings. The maximum atomic E-state index is 11.4. The number of unbranched alkanes of at least 4 members (excludes halogenated alkanes) is 12. The standard InChI is InChI=1S/C16H32O2.C7H14O2/c1-3-5-7-9-10-11-12-14-16(17)18-15-13-8-6-4-2;1-2-3-4-5-6-9-7-8/h3-15H2,1-2H3;7H,2-6H2,1H3. The number of hydrogen-bond donors (Lipinski definition) is 0. The van der Waals surface area contributed by atoms with Crippen LogP contribution in [0.1, 0.15) is 124 Å². The lowest BCUT2D eigenvalue weighted by atomic mass is 10.1. The Morgan fingerprint density at radius 1 is 0.630 bits per heavy atom. The molecule has 0 aliphatic heterocycles. The lowest BCUT2D eigenvalue weighted by Gasteiger charge is -2.04. The molecule has 0 aromatic rings. The highest BCUT2D eigenvalue weighted by Gasteiger charge is 2.02. The summed E-state index contributed by atoms with van der Waals surface area (Å²) >= 11 is 0. The quantitative estimate of drug-likeness (QED) is 0.136. The monoisotopic (exact) mass is 386 g/mol. The number of esters is 1. The van der Waals surface area contributed by atoms with E-state index in [1.807, 2.05) is 0 Å². The average Bonchev–Trinajstić information content (AvgIpc) is 2.67. The summed E-state index contributed by atoms with van der Waals surface area (Å²) in [6.07, 6.45) is 18.7. The number of ether oxygens (including phenoxy) is 2. The highest BCUT2D eigenvalue weighted by molar-refractivity contribution is 5.69. The zero-order valence-corrected chi connectivity index (χ0v) is 18.4. The molecule has 0 saturated carbocycles. The molecule has 4 nitrogen and oxygen atoms in total. The molecule has 0 radical (unpaired) electrons. The van der Waals surface area contributed by atoms with E-state index in [1.54, 1.807) is 0 Å². The molecule has 0 N–H and O–H groups in total. The van der Waals surface area contributed by atoms with Gasteiger partial charge in [0, 0.05) is 6.42 Å². The molecule has 162 valence electrons. The third kappa shape index (κ3) is 29.9. The molecule has 0 bridgehead atoms. The van der Waals surface area contributed by atoms with Crippen LogP contribution < -0.4 is 0 Å². The minimum atomic E-state index is 0.0000525. The third-order valence-electron chi connectivity index (χ3n) is 4.43. The Morgan fingerprint density at radius 3 is 1.59 bits per heavy atom. The van der Waals surface area contributed by atoms with Crippen molar-refractivity contribution in [2.45, 2.75) is 124 Å². The molecule has 0 aliphatic carbocycles. The summed E-state index contributed by atoms with van der Waals surface area (Å²) in [6.45, 7) is 8.29. The summed E-state index contributed by atoms with van der Waals surface area (Å²) in [6, 6.07) is 0. The highest BCUT2D eigenvalue weighted by Crippen LogP contribution is 2.09. The zero-order chi connectivity index (χ0) is 20.4. The van der Waals surface area contributed by atoms with Gasteiger partial charge < -0.3 is 9.47 Å². The van der Waals surface area contributed by atoms with Gasteiger partial charge >= 0.3 is 5.97 Å². The van der Waals surface area contributed by atoms with Gasteiger partial charge in [-0.25, -0.2) is 0 Å². The van der Waals surface area contributed by atoms with Gasteiger partial charge in [0.25, 0.3) is 6.47 Å². The lowest BCUT2D eigenvalue weighted by Crippen LogP contribution is -2.05. The average molecular weight is 387 g/mol. The number of carbonyl (C=O) groups is 2. The fourth-order valence-corrected chi connectivity index (χ4v) is 2.67. The van der Waals surface area contributed by atoms with E-state index in [2.05, 4.69) is 25.5 Å². The summed E-state index contributed by atoms with van der Waals surface area (Å²) in [5.74, 6) is 0.0000525. The van der Waals surface area contributed by atoms with Gasteiger partial charge in [-0.15, -0.1) is 0 Å². The van der Waals surface area contributed by atoms with Crippen LogP contribution in [-0.2, 0) is 19.1 Å². The molecule has 0 saturated heterocycles. The van der Waals surface area contributed by atoms with Crippen LogP contribution in [0.5, 0.6) is 0 Å². The van der Waals surface area contributed by atoms with Gasteiger partial charge in [-0.3, -0.25) is 9.59 Å². The van der Waals surface area contributed by atoms with Crippen LogP contribution >= 0.6 is 0 Å². The Balaban J connectivity index is 0. The smallest absolute Gasteiger partial charge is 0.305 e. The molecule has 0 aromatic heterocycles. The van der Waals surface area contributed by atoms with Crippen LogP contribution in [0.3, 0.4) is 0 Å². The van der Waals surface area contributed by atoms with E-state index < -0.39 is 0 Å². The molecule has 0 rings (SSSR count). The Labute approximate surface area is 168 Å². The molecule has 0 spiro atoms. The second kappa shape index (κ2) is 27.2. The molecule has 27 heavy (non-hydrogen) atoms. The van der Waals surface area contributed by atoms with E-state index in [0.29, 0.717) is 26.1 Å². The third-order valence-corrected chi connectivity index (χ3v) is 4.43. The minimum Gasteiger partial charge on any atom is -0.468 e. The summed E-state index contributed by atoms with van der Waals surface area (Å²) in [5, 5.41) is 0. The van der Waals surface area contributed by atoms with Crippen LogP contribution in [-0.4, -0.2) is 25.7 Å². The molecular formula is C23H46O4. The van der Waals surface area contributed by atoms with E-state index in [9.17, 15) is 9.59 Å². The maximum absolute atomic E-state index is 11.4. The SMILES string of the molecule is CCCCCCCCCC(=O)OCCCCCC.CCCCCCOC=O. The fraction of sp³-hybridized carbons (Fsp3) is 0.913. The van der Waals surface area contributed by atoms with E-state index in [1.165, 1.54) is 77.0 Å². The van der Waals surface area contributed by atoms with Crippen molar-refractivity contribution in [2.75, 3.05) is 13.2 Å². The van der Waals surface area contributed by atoms with Gasteiger partial charge in [0.2, 0.25) is 0 Å². The molecular weight excluding hydrogens is 340 g/mol. The second-order valence-electron chi connectivity index (χ2n) is 7.18. The van der Waals surface area contributed by atoms with Crippen LogP contribution in [0.25, 0.3) is 0 Å². The number of hydrogen-bond acceptors (Lipinski definition) is 4. The Kier molecular flexibility index (Phi) is 28.3. The molecule has 0 amide bonds. The van der Waals surface area contributed by atoms with Crippen LogP contribution in [0.15, 0.2) is 0 Å². The lowest BCUT2D eigenvalue weighted by molar-refractivity contribution is -0.143. The van der Waals surface area contributed by atoms with Crippen molar-refractivity contribution in [1.82, 2.24) is 0 Å². The van der Waals surface area contributed by atoms with Gasteiger partial charge in [0.05, 0.1) is 13.2 Å². The molecule has 4 heteroatoms. The van der Waals surface area contributed by atoms with Crippen molar-refractivity contribution in [3.05, 3.63) is 0 Å². The molecule has 0 fully saturated rings. The minimum absolute atomic E-state index is 0.0000525. The second-order valence-corrected chi connectivity index (χ2v) is 7.18. The van der Waals surface area contributed by atoms with Crippen molar-refractivity contribution in [3.63, 3.8) is 0 Å². The first kappa shape index (κ1) is 28.2. The molecule has 0 unspecified atom stereocenters. The predicted octanol–water partition coefficient (Wildman–Crippen LogP) is 6.99. The largest absolute Gasteiger partial charge is 0.468 e. The van der Waals surface area contributed by atoms with E-state index in [0.717, 1.165) is 19.3 Å². The van der Waals surface area contributed by atoms with Crippen molar-refractivity contribution in [3.8, 4) is 0 Å². The first-order chi connectivity index (χ1) is 13.2. The Bertz CT molecular complexity index is 292. The normalized spacial score (nSPS) is 10.0. The van der Waals surface area contributed by atoms with E-state index >= 15 is 0 Å². The van der Waals surface area contributed by atoms with Gasteiger partial charge in [-0.05, 0) is 19.3 Å². The summed E-state index contributed by atoms with van der Waals surface area (Å²) in [5.41, 5.74) is 0. The highest BCUT2D eigenvalue weighted by atomic mass is 16.5. The maximum Gasteiger partial charge on any atom is 0.305 e. The molecule has 0 heterocycles. The van der Waals surface area contributed by atoms with Crippen molar-refractivity contribution >= 4 is 12.4 Å². The summed E-state index contributed by atoms with van der Waals surface area (Å²) < 4.78 is 9.69. The molecule has 0 aromatic carbocycles. The van der Waals surface area contributed by atoms with Crippen molar-refractivity contribution in [2.24, 2.45) is 0 Å². The summed E-state index contributed by atoms with van der Waals surface area (Å²) in [4.78, 5) is 21.0. The van der Waals surface area contributed by atoms with E-state index in [4.69, 9.17) is 4.74 Å². The van der Waals surface area contributed by atoms with Crippen LogP contribution in [0.4, 0.5) is 0 Å². The summed E-state index contributed by atoms with van der Waals surface area (Å²) in [7, 11) is 0. The van der Waals surface area contributed by atoms with E-state index in [-0.39, 0.29) is 5.97 Å².